The van der Waals surface area contributed by atoms with Gasteiger partial charge in [-0.15, -0.1) is 0 Å². The molecule has 0 amide bonds. The molecule has 0 unspecified atom stereocenters. The average Bonchev–Trinajstić information content (AvgIpc) is 2.84. The van der Waals surface area contributed by atoms with E-state index in [9.17, 15) is 5.11 Å². The molecule has 2 heteroatoms. The average molecular weight is 377 g/mol. The van der Waals surface area contributed by atoms with Crippen LogP contribution >= 0.6 is 0 Å². The maximum Gasteiger partial charge on any atom is 0.119 e. The van der Waals surface area contributed by atoms with Crippen LogP contribution in [-0.4, -0.2) is 11.2 Å². The first-order valence-electron chi connectivity index (χ1n) is 10.8. The lowest BCUT2D eigenvalue weighted by Crippen LogP contribution is -2.33. The molecule has 3 aliphatic carbocycles. The summed E-state index contributed by atoms with van der Waals surface area (Å²) in [6, 6.07) is 18.9. The maximum absolute atomic E-state index is 10.7. The van der Waals surface area contributed by atoms with Crippen LogP contribution in [0.2, 0.25) is 0 Å². The van der Waals surface area contributed by atoms with Crippen LogP contribution in [0.15, 0.2) is 60.7 Å². The van der Waals surface area contributed by atoms with Gasteiger partial charge in [0.25, 0.3) is 0 Å². The number of hydrogen-bond donors (Lipinski definition) is 1. The SMILES string of the molecule is C[C@@]12CC=C(c3ccc(OCc4ccccc4)cc3)C[C@@H](CCC1)CC[C@@H]2O. The molecule has 2 nitrogen and oxygen atoms in total. The van der Waals surface area contributed by atoms with Gasteiger partial charge in [-0.3, -0.25) is 0 Å². The van der Waals surface area contributed by atoms with Gasteiger partial charge in [0.15, 0.2) is 0 Å². The van der Waals surface area contributed by atoms with E-state index in [0.29, 0.717) is 12.5 Å². The monoisotopic (exact) mass is 376 g/mol. The van der Waals surface area contributed by atoms with E-state index in [1.165, 1.54) is 29.5 Å². The minimum atomic E-state index is -0.167. The van der Waals surface area contributed by atoms with E-state index in [0.717, 1.165) is 37.9 Å². The number of aliphatic hydroxyl groups is 1. The first kappa shape index (κ1) is 19.3. The second-order valence-electron chi connectivity index (χ2n) is 8.94. The predicted octanol–water partition coefficient (Wildman–Crippen LogP) is 6.39. The summed E-state index contributed by atoms with van der Waals surface area (Å²) >= 11 is 0. The van der Waals surface area contributed by atoms with E-state index < -0.39 is 0 Å². The number of hydrogen-bond acceptors (Lipinski definition) is 2. The highest BCUT2D eigenvalue weighted by molar-refractivity contribution is 5.66. The third kappa shape index (κ3) is 4.50. The summed E-state index contributed by atoms with van der Waals surface area (Å²) in [5.41, 5.74) is 3.96. The highest BCUT2D eigenvalue weighted by Crippen LogP contribution is 2.43. The molecule has 1 fully saturated rings. The van der Waals surface area contributed by atoms with Crippen LogP contribution in [0.3, 0.4) is 0 Å². The third-order valence-electron chi connectivity index (χ3n) is 6.81. The molecule has 1 saturated carbocycles. The Kier molecular flexibility index (Phi) is 5.87. The predicted molar refractivity (Wildman–Crippen MR) is 115 cm³/mol. The summed E-state index contributed by atoms with van der Waals surface area (Å²) in [6.07, 6.45) is 10.1. The van der Waals surface area contributed by atoms with E-state index in [4.69, 9.17) is 4.74 Å². The van der Waals surface area contributed by atoms with E-state index in [1.807, 2.05) is 18.2 Å². The van der Waals surface area contributed by atoms with Crippen molar-refractivity contribution in [1.82, 2.24) is 0 Å². The van der Waals surface area contributed by atoms with Gasteiger partial charge in [-0.2, -0.15) is 0 Å². The number of ether oxygens (including phenoxy) is 1. The van der Waals surface area contributed by atoms with E-state index >= 15 is 0 Å². The number of aliphatic hydroxyl groups excluding tert-OH is 1. The molecule has 0 aliphatic heterocycles. The molecular weight excluding hydrogens is 344 g/mol. The summed E-state index contributed by atoms with van der Waals surface area (Å²) < 4.78 is 5.95. The van der Waals surface area contributed by atoms with Crippen LogP contribution in [0.5, 0.6) is 5.75 Å². The van der Waals surface area contributed by atoms with Gasteiger partial charge < -0.3 is 9.84 Å². The van der Waals surface area contributed by atoms with Crippen LogP contribution in [0.4, 0.5) is 0 Å². The Balaban J connectivity index is 1.49. The van der Waals surface area contributed by atoms with Gasteiger partial charge >= 0.3 is 0 Å². The molecule has 2 aromatic rings. The smallest absolute Gasteiger partial charge is 0.119 e. The first-order valence-corrected chi connectivity index (χ1v) is 10.8. The molecule has 5 rings (SSSR count). The Morgan fingerprint density at radius 1 is 1.00 bits per heavy atom. The van der Waals surface area contributed by atoms with Crippen molar-refractivity contribution in [1.29, 1.82) is 0 Å². The van der Waals surface area contributed by atoms with Crippen molar-refractivity contribution in [3.05, 3.63) is 71.8 Å². The van der Waals surface area contributed by atoms with Crippen LogP contribution < -0.4 is 4.74 Å². The zero-order valence-corrected chi connectivity index (χ0v) is 16.9. The quantitative estimate of drug-likeness (QED) is 0.670. The molecule has 0 aromatic heterocycles. The fourth-order valence-corrected chi connectivity index (χ4v) is 4.78. The second kappa shape index (κ2) is 8.53. The van der Waals surface area contributed by atoms with Crippen molar-refractivity contribution in [2.45, 2.75) is 64.6 Å². The Hall–Kier alpha value is -2.06. The Labute approximate surface area is 169 Å². The fourth-order valence-electron chi connectivity index (χ4n) is 4.78. The molecule has 148 valence electrons. The van der Waals surface area contributed by atoms with Crippen molar-refractivity contribution in [3.63, 3.8) is 0 Å². The summed E-state index contributed by atoms with van der Waals surface area (Å²) in [4.78, 5) is 0. The second-order valence-corrected chi connectivity index (χ2v) is 8.94. The minimum absolute atomic E-state index is 0.0271. The molecule has 0 saturated heterocycles. The zero-order valence-electron chi connectivity index (χ0n) is 16.9. The van der Waals surface area contributed by atoms with Crippen molar-refractivity contribution < 1.29 is 9.84 Å². The van der Waals surface area contributed by atoms with Crippen LogP contribution in [0.1, 0.15) is 63.0 Å². The highest BCUT2D eigenvalue weighted by Gasteiger charge is 2.35. The molecule has 2 bridgehead atoms. The topological polar surface area (TPSA) is 29.5 Å². The largest absolute Gasteiger partial charge is 0.489 e. The molecule has 0 spiro atoms. The molecule has 0 heterocycles. The third-order valence-corrected chi connectivity index (χ3v) is 6.81. The summed E-state index contributed by atoms with van der Waals surface area (Å²) in [5.74, 6) is 1.61. The molecule has 1 N–H and O–H groups in total. The van der Waals surface area contributed by atoms with Gasteiger partial charge in [0.2, 0.25) is 0 Å². The maximum atomic E-state index is 10.7. The molecule has 2 aromatic carbocycles. The minimum Gasteiger partial charge on any atom is -0.489 e. The van der Waals surface area contributed by atoms with Crippen molar-refractivity contribution in [2.75, 3.05) is 0 Å². The lowest BCUT2D eigenvalue weighted by molar-refractivity contribution is 0.0123. The van der Waals surface area contributed by atoms with Crippen molar-refractivity contribution in [3.8, 4) is 5.75 Å². The van der Waals surface area contributed by atoms with Gasteiger partial charge in [0.05, 0.1) is 6.10 Å². The van der Waals surface area contributed by atoms with Gasteiger partial charge in [-0.25, -0.2) is 0 Å². The number of allylic oxidation sites excluding steroid dienone is 2. The molecule has 3 aliphatic rings. The van der Waals surface area contributed by atoms with E-state index in [1.54, 1.807) is 0 Å². The van der Waals surface area contributed by atoms with E-state index in [-0.39, 0.29) is 11.5 Å². The summed E-state index contributed by atoms with van der Waals surface area (Å²) in [5, 5.41) is 10.7. The van der Waals surface area contributed by atoms with Crippen molar-refractivity contribution >= 4 is 5.57 Å². The van der Waals surface area contributed by atoms with Gasteiger partial charge in [-0.05, 0) is 72.3 Å². The van der Waals surface area contributed by atoms with Gasteiger partial charge in [0.1, 0.15) is 12.4 Å². The van der Waals surface area contributed by atoms with Gasteiger partial charge in [-0.1, -0.05) is 68.3 Å². The molecule has 0 radical (unpaired) electrons. The lowest BCUT2D eigenvalue weighted by Gasteiger charge is -2.36. The van der Waals surface area contributed by atoms with Crippen LogP contribution in [0.25, 0.3) is 5.57 Å². The Bertz CT molecular complexity index is 793. The molecule has 28 heavy (non-hydrogen) atoms. The van der Waals surface area contributed by atoms with Gasteiger partial charge in [0, 0.05) is 0 Å². The van der Waals surface area contributed by atoms with Crippen LogP contribution in [-0.2, 0) is 6.61 Å². The normalized spacial score (nSPS) is 27.9. The Morgan fingerprint density at radius 2 is 1.79 bits per heavy atom. The number of benzene rings is 2. The summed E-state index contributed by atoms with van der Waals surface area (Å²) in [6.45, 7) is 2.87. The highest BCUT2D eigenvalue weighted by atomic mass is 16.5. The zero-order chi connectivity index (χ0) is 19.4. The first-order chi connectivity index (χ1) is 13.6. The lowest BCUT2D eigenvalue weighted by atomic mass is 9.72. The fraction of sp³-hybridized carbons (Fsp3) is 0.462. The molecular formula is C26H32O2. The molecule has 3 atom stereocenters. The number of fused-ring (bicyclic) bond motifs is 6. The standard InChI is InChI=1S/C26H32O2/c1-26-16-5-8-20(9-14-25(26)27)18-23(15-17-26)22-10-12-24(13-11-22)28-19-21-6-3-2-4-7-21/h2-4,6-7,10-13,15,20,25,27H,5,8-9,14,16-19H2,1H3/t20-,25-,26-/m0/s1. The summed E-state index contributed by atoms with van der Waals surface area (Å²) in [7, 11) is 0. The van der Waals surface area contributed by atoms with E-state index in [2.05, 4.69) is 49.4 Å². The number of rotatable bonds is 4. The van der Waals surface area contributed by atoms with Crippen molar-refractivity contribution in [2.24, 2.45) is 11.3 Å². The van der Waals surface area contributed by atoms with Crippen LogP contribution in [0, 0.1) is 11.3 Å². The Morgan fingerprint density at radius 3 is 2.57 bits per heavy atom.